The molecule has 1 N–H and O–H groups in total. The van der Waals surface area contributed by atoms with Gasteiger partial charge >= 0.3 is 0 Å². The maximum Gasteiger partial charge on any atom is 0.118 e. The van der Waals surface area contributed by atoms with E-state index in [-0.39, 0.29) is 5.41 Å². The van der Waals surface area contributed by atoms with Crippen molar-refractivity contribution in [3.63, 3.8) is 0 Å². The summed E-state index contributed by atoms with van der Waals surface area (Å²) >= 11 is 6.44. The summed E-state index contributed by atoms with van der Waals surface area (Å²) in [5, 5.41) is 8.09. The summed E-state index contributed by atoms with van der Waals surface area (Å²) in [7, 11) is 0. The van der Waals surface area contributed by atoms with Gasteiger partial charge < -0.3 is 15.0 Å². The fourth-order valence-corrected chi connectivity index (χ4v) is 3.91. The molecule has 0 radical (unpaired) electrons. The van der Waals surface area contributed by atoms with Crippen molar-refractivity contribution in [2.75, 3.05) is 19.8 Å². The Kier molecular flexibility index (Phi) is 4.82. The monoisotopic (exact) mass is 361 g/mol. The number of aryl methyl sites for hydroxylation is 1. The molecule has 4 nitrogen and oxygen atoms in total. The Balaban J connectivity index is 0.000000815. The zero-order valence-corrected chi connectivity index (χ0v) is 15.9. The number of nitrogens with one attached hydrogen (secondary N) is 1. The Hall–Kier alpha value is -1.24. The summed E-state index contributed by atoms with van der Waals surface area (Å²) in [4.78, 5) is 7.28. The molecule has 1 atom stereocenters. The van der Waals surface area contributed by atoms with E-state index in [4.69, 9.17) is 15.1 Å². The van der Waals surface area contributed by atoms with Gasteiger partial charge in [-0.3, -0.25) is 0 Å². The van der Waals surface area contributed by atoms with Gasteiger partial charge in [-0.25, -0.2) is 4.99 Å². The zero-order chi connectivity index (χ0) is 17.5. The Morgan fingerprint density at radius 3 is 2.75 bits per heavy atom. The molecule has 1 aromatic rings. The predicted octanol–water partition coefficient (Wildman–Crippen LogP) is 4.27. The van der Waals surface area contributed by atoms with E-state index >= 15 is 0 Å². The first-order chi connectivity index (χ1) is 11.5. The second-order valence-electron chi connectivity index (χ2n) is 6.70. The van der Waals surface area contributed by atoms with E-state index in [1.54, 1.807) is 0 Å². The van der Waals surface area contributed by atoms with Crippen molar-refractivity contribution in [3.8, 4) is 0 Å². The van der Waals surface area contributed by atoms with Crippen LogP contribution >= 0.6 is 23.3 Å². The van der Waals surface area contributed by atoms with Crippen LogP contribution in [-0.4, -0.2) is 36.2 Å². The third kappa shape index (κ3) is 2.61. The molecular formula is C18H23N3OS2. The number of amidine groups is 1. The fraction of sp³-hybridized carbons (Fsp3) is 0.444. The van der Waals surface area contributed by atoms with Gasteiger partial charge in [0.15, 0.2) is 0 Å². The van der Waals surface area contributed by atoms with Crippen LogP contribution in [0, 0.1) is 17.7 Å². The standard InChI is InChI=1S/C18H21N3O.H2S2/c1-11-8-14(12(2)19)16-15(9-11)13(3)21-6-4-18(17(21)20-16)5-7-22-10-18;1-2/h8-9,19H,3-7,10H2,1-2H3;1-2H. The van der Waals surface area contributed by atoms with Gasteiger partial charge in [-0.05, 0) is 44.4 Å². The molecule has 4 rings (SSSR count). The lowest BCUT2D eigenvalue weighted by atomic mass is 9.84. The molecule has 0 saturated carbocycles. The zero-order valence-electron chi connectivity index (χ0n) is 14.1. The molecule has 2 fully saturated rings. The van der Waals surface area contributed by atoms with E-state index in [1.807, 2.05) is 6.92 Å². The molecule has 3 aliphatic rings. The van der Waals surface area contributed by atoms with Crippen LogP contribution in [0.1, 0.15) is 36.5 Å². The summed E-state index contributed by atoms with van der Waals surface area (Å²) in [5.74, 6) is 1.11. The predicted molar refractivity (Wildman–Crippen MR) is 107 cm³/mol. The number of hydrogen-bond acceptors (Lipinski definition) is 6. The first kappa shape index (κ1) is 17.6. The number of hydrogen-bond donors (Lipinski definition) is 3. The number of fused-ring (bicyclic) bond motifs is 3. The summed E-state index contributed by atoms with van der Waals surface area (Å²) < 4.78 is 5.67. The largest absolute Gasteiger partial charge is 0.380 e. The Morgan fingerprint density at radius 1 is 1.38 bits per heavy atom. The molecule has 0 aliphatic carbocycles. The van der Waals surface area contributed by atoms with Crippen LogP contribution in [-0.2, 0) is 4.74 Å². The molecule has 1 unspecified atom stereocenters. The second-order valence-corrected chi connectivity index (χ2v) is 6.70. The molecule has 0 amide bonds. The Bertz CT molecular complexity index is 736. The number of nitrogens with zero attached hydrogens (tertiary/aromatic N) is 2. The van der Waals surface area contributed by atoms with Crippen LogP contribution in [0.4, 0.5) is 5.69 Å². The average Bonchev–Trinajstić information content (AvgIpc) is 3.19. The molecular weight excluding hydrogens is 338 g/mol. The van der Waals surface area contributed by atoms with E-state index in [1.165, 1.54) is 0 Å². The highest BCUT2D eigenvalue weighted by atomic mass is 33.1. The summed E-state index contributed by atoms with van der Waals surface area (Å²) in [5.41, 5.74) is 5.69. The number of rotatable bonds is 1. The Morgan fingerprint density at radius 2 is 2.12 bits per heavy atom. The van der Waals surface area contributed by atoms with Gasteiger partial charge in [0.25, 0.3) is 0 Å². The molecule has 0 bridgehead atoms. The third-order valence-corrected chi connectivity index (χ3v) is 5.16. The second kappa shape index (κ2) is 6.58. The van der Waals surface area contributed by atoms with Gasteiger partial charge in [0, 0.05) is 35.7 Å². The minimum Gasteiger partial charge on any atom is -0.380 e. The normalized spacial score (nSPS) is 24.2. The van der Waals surface area contributed by atoms with Gasteiger partial charge in [0.05, 0.1) is 17.7 Å². The van der Waals surface area contributed by atoms with Gasteiger partial charge in [0.2, 0.25) is 0 Å². The van der Waals surface area contributed by atoms with Crippen LogP contribution in [0.15, 0.2) is 23.7 Å². The van der Waals surface area contributed by atoms with Crippen LogP contribution in [0.25, 0.3) is 5.70 Å². The fourth-order valence-electron chi connectivity index (χ4n) is 3.91. The number of benzene rings is 1. The quantitative estimate of drug-likeness (QED) is 0.397. The highest BCUT2D eigenvalue weighted by molar-refractivity contribution is 8.59. The van der Waals surface area contributed by atoms with Crippen molar-refractivity contribution in [3.05, 3.63) is 35.4 Å². The third-order valence-electron chi connectivity index (χ3n) is 5.16. The number of thiol groups is 2. The molecule has 1 aromatic carbocycles. The summed E-state index contributed by atoms with van der Waals surface area (Å²) in [6.07, 6.45) is 2.12. The van der Waals surface area contributed by atoms with Gasteiger partial charge in [0.1, 0.15) is 5.84 Å². The Labute approximate surface area is 153 Å². The van der Waals surface area contributed by atoms with E-state index < -0.39 is 0 Å². The topological polar surface area (TPSA) is 48.7 Å². The molecule has 2 saturated heterocycles. The minimum absolute atomic E-state index is 0.0543. The van der Waals surface area contributed by atoms with Gasteiger partial charge in [-0.2, -0.15) is 0 Å². The maximum absolute atomic E-state index is 8.09. The van der Waals surface area contributed by atoms with Crippen LogP contribution < -0.4 is 0 Å². The van der Waals surface area contributed by atoms with Gasteiger partial charge in [-0.15, -0.1) is 23.3 Å². The van der Waals surface area contributed by atoms with Crippen molar-refractivity contribution in [2.45, 2.75) is 26.7 Å². The number of ether oxygens (including phenoxy) is 1. The molecule has 1 spiro atoms. The SMILES string of the molecule is C=C1c2cc(C)cc(C(C)=N)c2N=C2N1CCC21CCOC1.SS. The lowest BCUT2D eigenvalue weighted by Gasteiger charge is -2.33. The summed E-state index contributed by atoms with van der Waals surface area (Å²) in [6.45, 7) is 10.8. The average molecular weight is 362 g/mol. The highest BCUT2D eigenvalue weighted by Gasteiger charge is 2.49. The van der Waals surface area contributed by atoms with Gasteiger partial charge in [-0.1, -0.05) is 6.58 Å². The molecule has 0 aromatic heterocycles. The van der Waals surface area contributed by atoms with Crippen LogP contribution in [0.2, 0.25) is 0 Å². The van der Waals surface area contributed by atoms with E-state index in [0.29, 0.717) is 5.71 Å². The van der Waals surface area contributed by atoms with Crippen molar-refractivity contribution in [1.82, 2.24) is 4.90 Å². The number of aliphatic imine (C=N–C) groups is 1. The van der Waals surface area contributed by atoms with Crippen molar-refractivity contribution in [2.24, 2.45) is 10.4 Å². The maximum atomic E-state index is 8.09. The van der Waals surface area contributed by atoms with Crippen molar-refractivity contribution < 1.29 is 4.74 Å². The first-order valence-electron chi connectivity index (χ1n) is 8.06. The smallest absolute Gasteiger partial charge is 0.118 e. The van der Waals surface area contributed by atoms with E-state index in [0.717, 1.165) is 66.5 Å². The molecule has 128 valence electrons. The van der Waals surface area contributed by atoms with Crippen molar-refractivity contribution in [1.29, 1.82) is 5.41 Å². The van der Waals surface area contributed by atoms with Crippen molar-refractivity contribution >= 4 is 46.3 Å². The molecule has 24 heavy (non-hydrogen) atoms. The molecule has 6 heteroatoms. The highest BCUT2D eigenvalue weighted by Crippen LogP contribution is 2.48. The van der Waals surface area contributed by atoms with E-state index in [9.17, 15) is 0 Å². The minimum atomic E-state index is 0.0543. The lowest BCUT2D eigenvalue weighted by Crippen LogP contribution is -2.36. The molecule has 3 heterocycles. The van der Waals surface area contributed by atoms with E-state index in [2.05, 4.69) is 53.9 Å². The molecule has 3 aliphatic heterocycles. The van der Waals surface area contributed by atoms with Crippen LogP contribution in [0.5, 0.6) is 0 Å². The first-order valence-corrected chi connectivity index (χ1v) is 9.66. The van der Waals surface area contributed by atoms with Crippen LogP contribution in [0.3, 0.4) is 0 Å². The summed E-state index contributed by atoms with van der Waals surface area (Å²) in [6, 6.07) is 4.20. The lowest BCUT2D eigenvalue weighted by molar-refractivity contribution is 0.175.